The molecule has 0 N–H and O–H groups in total. The minimum Gasteiger partial charge on any atom is -0.343 e. The number of hydrogen-bond acceptors (Lipinski definition) is 4. The Bertz CT molecular complexity index is 532. The van der Waals surface area contributed by atoms with Gasteiger partial charge >= 0.3 is 0 Å². The molecule has 0 unspecified atom stereocenters. The van der Waals surface area contributed by atoms with Crippen LogP contribution in [0.2, 0.25) is 0 Å². The van der Waals surface area contributed by atoms with E-state index < -0.39 is 0 Å². The van der Waals surface area contributed by atoms with Crippen molar-refractivity contribution < 1.29 is 9.59 Å². The quantitative estimate of drug-likeness (QED) is 0.829. The first kappa shape index (κ1) is 15.4. The summed E-state index contributed by atoms with van der Waals surface area (Å²) < 4.78 is 0. The summed E-state index contributed by atoms with van der Waals surface area (Å²) in [6.07, 6.45) is 4.82. The average Bonchev–Trinajstić information content (AvgIpc) is 2.95. The molecule has 6 heteroatoms. The van der Waals surface area contributed by atoms with E-state index in [4.69, 9.17) is 0 Å². The van der Waals surface area contributed by atoms with E-state index in [-0.39, 0.29) is 11.8 Å². The zero-order chi connectivity index (χ0) is 15.4. The molecule has 1 aromatic rings. The van der Waals surface area contributed by atoms with Crippen molar-refractivity contribution in [1.29, 1.82) is 0 Å². The molecule has 1 aliphatic rings. The lowest BCUT2D eigenvalue weighted by Crippen LogP contribution is -2.29. The van der Waals surface area contributed by atoms with Gasteiger partial charge in [0.1, 0.15) is 5.69 Å². The van der Waals surface area contributed by atoms with Crippen molar-refractivity contribution in [3.63, 3.8) is 0 Å². The van der Waals surface area contributed by atoms with E-state index in [1.54, 1.807) is 31.3 Å². The molecule has 0 aromatic carbocycles. The summed E-state index contributed by atoms with van der Waals surface area (Å²) in [6.45, 7) is 5.68. The van der Waals surface area contributed by atoms with Gasteiger partial charge < -0.3 is 9.80 Å². The monoisotopic (exact) mass is 290 g/mol. The highest BCUT2D eigenvalue weighted by molar-refractivity contribution is 5.93. The number of hydrogen-bond donors (Lipinski definition) is 0. The van der Waals surface area contributed by atoms with Gasteiger partial charge in [0.25, 0.3) is 5.91 Å². The van der Waals surface area contributed by atoms with Crippen LogP contribution in [0.1, 0.15) is 36.5 Å². The molecule has 1 aliphatic heterocycles. The molecule has 21 heavy (non-hydrogen) atoms. The van der Waals surface area contributed by atoms with Crippen molar-refractivity contribution in [1.82, 2.24) is 19.8 Å². The highest BCUT2D eigenvalue weighted by Crippen LogP contribution is 2.21. The Hall–Kier alpha value is -1.98. The van der Waals surface area contributed by atoms with Crippen LogP contribution >= 0.6 is 0 Å². The third-order valence-electron chi connectivity index (χ3n) is 4.01. The number of aromatic nitrogens is 2. The highest BCUT2D eigenvalue weighted by atomic mass is 16.2. The van der Waals surface area contributed by atoms with Crippen molar-refractivity contribution >= 4 is 11.8 Å². The van der Waals surface area contributed by atoms with Gasteiger partial charge in [-0.2, -0.15) is 0 Å². The summed E-state index contributed by atoms with van der Waals surface area (Å²) in [7, 11) is 1.76. The summed E-state index contributed by atoms with van der Waals surface area (Å²) in [6, 6.07) is 0. The maximum atomic E-state index is 12.3. The summed E-state index contributed by atoms with van der Waals surface area (Å²) in [5, 5.41) is 0. The molecular weight excluding hydrogens is 268 g/mol. The van der Waals surface area contributed by atoms with E-state index in [9.17, 15) is 9.59 Å². The maximum absolute atomic E-state index is 12.3. The van der Waals surface area contributed by atoms with E-state index in [0.29, 0.717) is 24.6 Å². The van der Waals surface area contributed by atoms with Crippen molar-refractivity contribution in [3.8, 4) is 0 Å². The van der Waals surface area contributed by atoms with Crippen LogP contribution in [0.3, 0.4) is 0 Å². The first-order valence-corrected chi connectivity index (χ1v) is 7.33. The maximum Gasteiger partial charge on any atom is 0.274 e. The normalized spacial score (nSPS) is 17.9. The van der Waals surface area contributed by atoms with Gasteiger partial charge in [-0.05, 0) is 25.7 Å². The van der Waals surface area contributed by atoms with Crippen LogP contribution in [0.4, 0.5) is 0 Å². The van der Waals surface area contributed by atoms with E-state index in [0.717, 1.165) is 25.2 Å². The van der Waals surface area contributed by atoms with Gasteiger partial charge in [0, 0.05) is 46.0 Å². The largest absolute Gasteiger partial charge is 0.343 e. The van der Waals surface area contributed by atoms with Crippen molar-refractivity contribution in [2.45, 2.75) is 26.7 Å². The summed E-state index contributed by atoms with van der Waals surface area (Å²) in [5.74, 6) is 0.366. The standard InChI is InChI=1S/C15H22N4O2/c1-4-18(3)15(21)14-13(16-6-7-17-14)9-12-5-8-19(10-12)11(2)20/h6-7,12H,4-5,8-10H2,1-3H3/t12-/m0/s1. The van der Waals surface area contributed by atoms with Crippen LogP contribution < -0.4 is 0 Å². The molecule has 114 valence electrons. The lowest BCUT2D eigenvalue weighted by molar-refractivity contribution is -0.127. The Kier molecular flexibility index (Phi) is 4.88. The molecule has 1 atom stereocenters. The zero-order valence-corrected chi connectivity index (χ0v) is 12.9. The van der Waals surface area contributed by atoms with Gasteiger partial charge in [-0.1, -0.05) is 0 Å². The molecule has 0 saturated carbocycles. The molecule has 2 amide bonds. The van der Waals surface area contributed by atoms with Gasteiger partial charge in [0.15, 0.2) is 0 Å². The van der Waals surface area contributed by atoms with Gasteiger partial charge in [-0.15, -0.1) is 0 Å². The van der Waals surface area contributed by atoms with E-state index in [2.05, 4.69) is 9.97 Å². The lowest BCUT2D eigenvalue weighted by Gasteiger charge is -2.17. The molecule has 6 nitrogen and oxygen atoms in total. The van der Waals surface area contributed by atoms with E-state index >= 15 is 0 Å². The van der Waals surface area contributed by atoms with Gasteiger partial charge in [0.2, 0.25) is 5.91 Å². The zero-order valence-electron chi connectivity index (χ0n) is 12.9. The molecule has 0 aliphatic carbocycles. The van der Waals surface area contributed by atoms with Crippen molar-refractivity contribution in [2.75, 3.05) is 26.7 Å². The Morgan fingerprint density at radius 1 is 1.38 bits per heavy atom. The minimum atomic E-state index is -0.0954. The van der Waals surface area contributed by atoms with Crippen LogP contribution in [-0.2, 0) is 11.2 Å². The summed E-state index contributed by atoms with van der Waals surface area (Å²) >= 11 is 0. The predicted molar refractivity (Wildman–Crippen MR) is 78.7 cm³/mol. The molecule has 0 bridgehead atoms. The first-order chi connectivity index (χ1) is 10.0. The SMILES string of the molecule is CCN(C)C(=O)c1nccnc1C[C@@H]1CCN(C(C)=O)C1. The Labute approximate surface area is 125 Å². The molecule has 2 heterocycles. The number of carbonyl (C=O) groups is 2. The molecule has 2 rings (SSSR count). The third kappa shape index (κ3) is 3.56. The number of nitrogens with zero attached hydrogens (tertiary/aromatic N) is 4. The number of amides is 2. The molecule has 1 aromatic heterocycles. The fourth-order valence-electron chi connectivity index (χ4n) is 2.58. The third-order valence-corrected chi connectivity index (χ3v) is 4.01. The Morgan fingerprint density at radius 3 is 2.71 bits per heavy atom. The van der Waals surface area contributed by atoms with E-state index in [1.165, 1.54) is 0 Å². The van der Waals surface area contributed by atoms with Crippen LogP contribution in [-0.4, -0.2) is 58.3 Å². The average molecular weight is 290 g/mol. The minimum absolute atomic E-state index is 0.0954. The van der Waals surface area contributed by atoms with Crippen LogP contribution in [0, 0.1) is 5.92 Å². The second-order valence-corrected chi connectivity index (χ2v) is 5.49. The van der Waals surface area contributed by atoms with Gasteiger partial charge in [-0.25, -0.2) is 4.98 Å². The fraction of sp³-hybridized carbons (Fsp3) is 0.600. The molecule has 1 saturated heterocycles. The van der Waals surface area contributed by atoms with Crippen molar-refractivity contribution in [3.05, 3.63) is 23.8 Å². The van der Waals surface area contributed by atoms with Crippen molar-refractivity contribution in [2.24, 2.45) is 5.92 Å². The smallest absolute Gasteiger partial charge is 0.274 e. The topological polar surface area (TPSA) is 66.4 Å². The fourth-order valence-corrected chi connectivity index (χ4v) is 2.58. The second kappa shape index (κ2) is 6.65. The molecular formula is C15H22N4O2. The van der Waals surface area contributed by atoms with Gasteiger partial charge in [-0.3, -0.25) is 14.6 Å². The Morgan fingerprint density at radius 2 is 2.10 bits per heavy atom. The number of carbonyl (C=O) groups excluding carboxylic acids is 2. The lowest BCUT2D eigenvalue weighted by atomic mass is 10.0. The number of likely N-dealkylation sites (tertiary alicyclic amines) is 1. The van der Waals surface area contributed by atoms with E-state index in [1.807, 2.05) is 11.8 Å². The highest BCUT2D eigenvalue weighted by Gasteiger charge is 2.27. The predicted octanol–water partition coefficient (Wildman–Crippen LogP) is 0.979. The second-order valence-electron chi connectivity index (χ2n) is 5.49. The number of rotatable bonds is 4. The Balaban J connectivity index is 2.11. The molecule has 1 fully saturated rings. The van der Waals surface area contributed by atoms with Crippen LogP contribution in [0.5, 0.6) is 0 Å². The summed E-state index contributed by atoms with van der Waals surface area (Å²) in [4.78, 5) is 35.7. The van der Waals surface area contributed by atoms with Crippen LogP contribution in [0.25, 0.3) is 0 Å². The summed E-state index contributed by atoms with van der Waals surface area (Å²) in [5.41, 5.74) is 1.17. The first-order valence-electron chi connectivity index (χ1n) is 7.33. The van der Waals surface area contributed by atoms with Gasteiger partial charge in [0.05, 0.1) is 5.69 Å². The van der Waals surface area contributed by atoms with Crippen LogP contribution in [0.15, 0.2) is 12.4 Å². The molecule has 0 radical (unpaired) electrons. The molecule has 0 spiro atoms.